The SMILES string of the molecule is CC1(Nc2nc(N3CCN(c4ncc(N5CCC(CN6CCN(C7CCN(CCOc8ccc(N9CCC(=O)NC9=O)cc8)CC7)CC6)CC5)cn4)CC3)nc3c2S(=O)CC3)CCC1. The van der Waals surface area contributed by atoms with Gasteiger partial charge in [0, 0.05) is 121 Å². The highest BCUT2D eigenvalue weighted by Gasteiger charge is 2.36. The number of rotatable bonds is 13. The van der Waals surface area contributed by atoms with Crippen LogP contribution in [0.3, 0.4) is 0 Å². The molecule has 1 atom stereocenters. The van der Waals surface area contributed by atoms with Crippen LogP contribution in [0.4, 0.5) is 33.9 Å². The molecule has 10 rings (SSSR count). The van der Waals surface area contributed by atoms with Crippen molar-refractivity contribution in [1.29, 1.82) is 0 Å². The van der Waals surface area contributed by atoms with Crippen molar-refractivity contribution in [3.05, 3.63) is 42.4 Å². The molecule has 1 aromatic carbocycles. The molecule has 8 heterocycles. The molecule has 0 radical (unpaired) electrons. The first-order valence-electron chi connectivity index (χ1n) is 23.9. The maximum Gasteiger partial charge on any atom is 0.328 e. The molecule has 1 unspecified atom stereocenters. The fraction of sp³-hybridized carbons (Fsp3) is 0.652. The maximum atomic E-state index is 12.9. The molecule has 6 fully saturated rings. The molecule has 2 aromatic heterocycles. The van der Waals surface area contributed by atoms with E-state index >= 15 is 0 Å². The Balaban J connectivity index is 0.607. The number of hydrogen-bond donors (Lipinski definition) is 2. The number of carbonyl (C=O) groups excluding carboxylic acids is 2. The molecule has 17 nitrogen and oxygen atoms in total. The molecule has 344 valence electrons. The van der Waals surface area contributed by atoms with Crippen LogP contribution in [0.15, 0.2) is 41.6 Å². The van der Waals surface area contributed by atoms with E-state index in [9.17, 15) is 13.8 Å². The van der Waals surface area contributed by atoms with Gasteiger partial charge in [-0.05, 0) is 95.1 Å². The van der Waals surface area contributed by atoms with Crippen molar-refractivity contribution in [2.24, 2.45) is 5.92 Å². The Morgan fingerprint density at radius 1 is 0.766 bits per heavy atom. The number of amides is 3. The Morgan fingerprint density at radius 2 is 1.47 bits per heavy atom. The van der Waals surface area contributed by atoms with Crippen LogP contribution >= 0.6 is 0 Å². The minimum absolute atomic E-state index is 0.0307. The summed E-state index contributed by atoms with van der Waals surface area (Å²) in [7, 11) is -1.03. The quantitative estimate of drug-likeness (QED) is 0.257. The second-order valence-corrected chi connectivity index (χ2v) is 20.6. The van der Waals surface area contributed by atoms with Gasteiger partial charge < -0.3 is 29.7 Å². The molecule has 1 saturated carbocycles. The number of nitrogens with zero attached hydrogens (tertiary/aromatic N) is 11. The van der Waals surface area contributed by atoms with Crippen molar-refractivity contribution in [3.63, 3.8) is 0 Å². The average molecular weight is 896 g/mol. The first-order chi connectivity index (χ1) is 31.2. The van der Waals surface area contributed by atoms with Gasteiger partial charge in [-0.15, -0.1) is 0 Å². The first kappa shape index (κ1) is 43.3. The number of aryl methyl sites for hydroxylation is 1. The molecule has 18 heteroatoms. The Bertz CT molecular complexity index is 2130. The summed E-state index contributed by atoms with van der Waals surface area (Å²) >= 11 is 0. The van der Waals surface area contributed by atoms with Crippen molar-refractivity contribution in [3.8, 4) is 5.75 Å². The Kier molecular flexibility index (Phi) is 12.9. The number of ether oxygens (including phenoxy) is 1. The summed E-state index contributed by atoms with van der Waals surface area (Å²) in [5.74, 6) is 4.24. The lowest BCUT2D eigenvalue weighted by molar-refractivity contribution is -0.120. The predicted octanol–water partition coefficient (Wildman–Crippen LogP) is 3.44. The van der Waals surface area contributed by atoms with Crippen LogP contribution in [0.1, 0.15) is 64.0 Å². The minimum Gasteiger partial charge on any atom is -0.492 e. The molecule has 1 aliphatic carbocycles. The number of benzene rings is 1. The van der Waals surface area contributed by atoms with Crippen LogP contribution in [-0.4, -0.2) is 173 Å². The number of piperidine rings is 2. The molecule has 3 amide bonds. The van der Waals surface area contributed by atoms with Crippen LogP contribution in [0, 0.1) is 5.92 Å². The largest absolute Gasteiger partial charge is 0.492 e. The number of aromatic nitrogens is 4. The molecule has 0 spiro atoms. The van der Waals surface area contributed by atoms with E-state index in [2.05, 4.69) is 47.0 Å². The zero-order valence-electron chi connectivity index (χ0n) is 37.5. The molecule has 3 aromatic rings. The molecule has 6 aliphatic heterocycles. The lowest BCUT2D eigenvalue weighted by Gasteiger charge is -2.44. The van der Waals surface area contributed by atoms with Gasteiger partial charge >= 0.3 is 6.03 Å². The van der Waals surface area contributed by atoms with E-state index in [1.807, 2.05) is 36.7 Å². The van der Waals surface area contributed by atoms with Gasteiger partial charge in [0.05, 0.1) is 34.6 Å². The van der Waals surface area contributed by atoms with Crippen molar-refractivity contribution in [2.45, 2.75) is 81.2 Å². The Morgan fingerprint density at radius 3 is 2.14 bits per heavy atom. The summed E-state index contributed by atoms with van der Waals surface area (Å²) in [6.45, 7) is 17.5. The average Bonchev–Trinajstić information content (AvgIpc) is 3.70. The number of hydrogen-bond acceptors (Lipinski definition) is 15. The highest BCUT2D eigenvalue weighted by atomic mass is 32.2. The van der Waals surface area contributed by atoms with Crippen LogP contribution in [0.25, 0.3) is 0 Å². The lowest BCUT2D eigenvalue weighted by Crippen LogP contribution is -2.54. The van der Waals surface area contributed by atoms with E-state index in [0.29, 0.717) is 31.4 Å². The van der Waals surface area contributed by atoms with Crippen LogP contribution in [0.5, 0.6) is 5.75 Å². The van der Waals surface area contributed by atoms with Gasteiger partial charge in [0.2, 0.25) is 17.8 Å². The van der Waals surface area contributed by atoms with E-state index < -0.39 is 10.8 Å². The number of urea groups is 1. The van der Waals surface area contributed by atoms with Gasteiger partial charge in [-0.1, -0.05) is 0 Å². The lowest BCUT2D eigenvalue weighted by atomic mass is 9.78. The van der Waals surface area contributed by atoms with E-state index in [4.69, 9.17) is 24.7 Å². The van der Waals surface area contributed by atoms with Crippen molar-refractivity contribution < 1.29 is 18.5 Å². The fourth-order valence-corrected chi connectivity index (χ4v) is 12.0. The number of likely N-dealkylation sites (tertiary alicyclic amines) is 1. The molecular weight excluding hydrogens is 831 g/mol. The summed E-state index contributed by atoms with van der Waals surface area (Å²) in [5.41, 5.74) is 2.86. The molecular formula is C46H65N13O4S. The summed E-state index contributed by atoms with van der Waals surface area (Å²) in [6.07, 6.45) is 13.4. The number of carbonyl (C=O) groups is 2. The van der Waals surface area contributed by atoms with Crippen LogP contribution in [-0.2, 0) is 22.0 Å². The first-order valence-corrected chi connectivity index (χ1v) is 25.2. The van der Waals surface area contributed by atoms with Crippen LogP contribution < -0.4 is 35.0 Å². The number of fused-ring (bicyclic) bond motifs is 1. The topological polar surface area (TPSA) is 159 Å². The summed E-state index contributed by atoms with van der Waals surface area (Å²) in [4.78, 5) is 60.5. The third-order valence-corrected chi connectivity index (χ3v) is 16.3. The number of anilines is 5. The van der Waals surface area contributed by atoms with Crippen LogP contribution in [0.2, 0.25) is 0 Å². The molecule has 5 saturated heterocycles. The van der Waals surface area contributed by atoms with E-state index in [1.165, 1.54) is 51.7 Å². The highest BCUT2D eigenvalue weighted by Crippen LogP contribution is 2.38. The van der Waals surface area contributed by atoms with Gasteiger partial charge in [0.25, 0.3) is 0 Å². The third kappa shape index (κ3) is 9.80. The maximum absolute atomic E-state index is 12.9. The number of imide groups is 1. The molecule has 64 heavy (non-hydrogen) atoms. The normalized spacial score (nSPS) is 24.1. The Labute approximate surface area is 379 Å². The zero-order chi connectivity index (χ0) is 43.6. The van der Waals surface area contributed by atoms with Crippen molar-refractivity contribution in [2.75, 3.05) is 135 Å². The van der Waals surface area contributed by atoms with Crippen molar-refractivity contribution >= 4 is 51.8 Å². The standard InChI is InChI=1S/C46H65N13O4S/c1-46(13-2-14-46)52-42-41-39(12-30-64(41)62)49-44(51-42)58-26-24-57(25-27-58)43-47-31-37(32-48-43)55-17-7-34(8-18-55)33-54-20-22-56(23-21-54)35-9-15-53(16-10-35)28-29-63-38-5-3-36(4-6-38)59-19-11-40(60)50-45(59)61/h3-6,31-32,34-35H,2,7-30,33H2,1H3,(H,49,51,52)(H,50,60,61). The summed E-state index contributed by atoms with van der Waals surface area (Å²) in [6, 6.07) is 7.85. The van der Waals surface area contributed by atoms with E-state index in [-0.39, 0.29) is 17.5 Å². The van der Waals surface area contributed by atoms with Gasteiger partial charge in [-0.3, -0.25) is 29.0 Å². The number of piperazine rings is 2. The van der Waals surface area contributed by atoms with Gasteiger partial charge in [0.15, 0.2) is 0 Å². The van der Waals surface area contributed by atoms with E-state index in [0.717, 1.165) is 143 Å². The zero-order valence-corrected chi connectivity index (χ0v) is 38.3. The second-order valence-electron chi connectivity index (χ2n) is 19.1. The van der Waals surface area contributed by atoms with E-state index in [1.54, 1.807) is 4.90 Å². The molecule has 2 N–H and O–H groups in total. The van der Waals surface area contributed by atoms with Gasteiger partial charge in [-0.2, -0.15) is 4.98 Å². The smallest absolute Gasteiger partial charge is 0.328 e. The van der Waals surface area contributed by atoms with Gasteiger partial charge in [-0.25, -0.2) is 19.7 Å². The third-order valence-electron chi connectivity index (χ3n) is 14.9. The summed E-state index contributed by atoms with van der Waals surface area (Å²) < 4.78 is 18.9. The monoisotopic (exact) mass is 896 g/mol. The highest BCUT2D eigenvalue weighted by molar-refractivity contribution is 7.85. The second kappa shape index (κ2) is 19.1. The van der Waals surface area contributed by atoms with Crippen molar-refractivity contribution in [1.82, 2.24) is 40.0 Å². The number of nitrogens with one attached hydrogen (secondary N) is 2. The minimum atomic E-state index is -1.03. The fourth-order valence-electron chi connectivity index (χ4n) is 10.7. The summed E-state index contributed by atoms with van der Waals surface area (Å²) in [5, 5.41) is 6.03. The molecule has 0 bridgehead atoms. The predicted molar refractivity (Wildman–Crippen MR) is 249 cm³/mol. The Hall–Kier alpha value is -4.65. The van der Waals surface area contributed by atoms with Gasteiger partial charge in [0.1, 0.15) is 23.1 Å². The molecule has 7 aliphatic rings.